The molecule has 1 aliphatic carbocycles. The van der Waals surface area contributed by atoms with Crippen molar-refractivity contribution < 1.29 is 14.3 Å². The lowest BCUT2D eigenvalue weighted by Gasteiger charge is -2.23. The van der Waals surface area contributed by atoms with Gasteiger partial charge < -0.3 is 9.64 Å². The summed E-state index contributed by atoms with van der Waals surface area (Å²) in [6, 6.07) is 19.6. The summed E-state index contributed by atoms with van der Waals surface area (Å²) in [6.07, 6.45) is 4.86. The summed E-state index contributed by atoms with van der Waals surface area (Å²) < 4.78 is 5.46. The minimum absolute atomic E-state index is 0.231. The normalized spacial score (nSPS) is 13.9. The second-order valence-electron chi connectivity index (χ2n) is 8.06. The molecule has 33 heavy (non-hydrogen) atoms. The third-order valence-corrected chi connectivity index (χ3v) is 5.83. The average Bonchev–Trinajstić information content (AvgIpc) is 2.85. The number of rotatable bonds is 6. The van der Waals surface area contributed by atoms with E-state index in [-0.39, 0.29) is 18.9 Å². The number of benzene rings is 2. The number of para-hydroxylation sites is 1. The molecule has 1 amide bonds. The van der Waals surface area contributed by atoms with E-state index in [0.717, 1.165) is 52.6 Å². The zero-order valence-corrected chi connectivity index (χ0v) is 18.6. The molecular weight excluding hydrogens is 414 g/mol. The predicted octanol–water partition coefficient (Wildman–Crippen LogP) is 4.64. The Hall–Kier alpha value is -3.98. The predicted molar refractivity (Wildman–Crippen MR) is 127 cm³/mol. The first-order valence-electron chi connectivity index (χ1n) is 11.0. The monoisotopic (exact) mass is 439 g/mol. The summed E-state index contributed by atoms with van der Waals surface area (Å²) in [6.45, 7) is -0.0625. The van der Waals surface area contributed by atoms with Crippen LogP contribution in [0.25, 0.3) is 22.6 Å². The topological polar surface area (TPSA) is 83.3 Å². The first-order chi connectivity index (χ1) is 16.1. The largest absolute Gasteiger partial charge is 0.452 e. The van der Waals surface area contributed by atoms with Crippen molar-refractivity contribution in [2.75, 3.05) is 20.2 Å². The Morgan fingerprint density at radius 1 is 1.12 bits per heavy atom. The molecule has 1 aromatic heterocycles. The average molecular weight is 440 g/mol. The molecule has 3 aromatic rings. The molecule has 0 saturated heterocycles. The maximum atomic E-state index is 13.2. The summed E-state index contributed by atoms with van der Waals surface area (Å²) in [5, 5.41) is 9.44. The van der Waals surface area contributed by atoms with Crippen molar-refractivity contribution in [3.05, 3.63) is 77.0 Å². The fourth-order valence-electron chi connectivity index (χ4n) is 4.11. The fraction of sp³-hybridized carbons (Fsp3) is 0.259. The molecule has 1 aliphatic rings. The maximum absolute atomic E-state index is 13.2. The molecule has 2 aromatic carbocycles. The molecular formula is C27H25N3O3. The number of fused-ring (bicyclic) bond motifs is 2. The lowest BCUT2D eigenvalue weighted by molar-refractivity contribution is -0.133. The molecule has 166 valence electrons. The number of esters is 1. The third kappa shape index (κ3) is 4.93. The van der Waals surface area contributed by atoms with E-state index in [0.29, 0.717) is 12.1 Å². The lowest BCUT2D eigenvalue weighted by atomic mass is 9.86. The van der Waals surface area contributed by atoms with Gasteiger partial charge in [0.2, 0.25) is 0 Å². The summed E-state index contributed by atoms with van der Waals surface area (Å²) in [5.41, 5.74) is 5.09. The fourth-order valence-corrected chi connectivity index (χ4v) is 4.11. The number of carbonyl (C=O) groups is 2. The van der Waals surface area contributed by atoms with Crippen LogP contribution in [0.2, 0.25) is 0 Å². The smallest absolute Gasteiger partial charge is 0.339 e. The Morgan fingerprint density at radius 3 is 2.67 bits per heavy atom. The van der Waals surface area contributed by atoms with E-state index < -0.39 is 5.97 Å². The van der Waals surface area contributed by atoms with Gasteiger partial charge in [0.1, 0.15) is 0 Å². The summed E-state index contributed by atoms with van der Waals surface area (Å²) in [5.74, 6) is -0.858. The zero-order chi connectivity index (χ0) is 23.2. The molecule has 0 radical (unpaired) electrons. The number of hydrogen-bond donors (Lipinski definition) is 0. The van der Waals surface area contributed by atoms with Crippen molar-refractivity contribution in [3.8, 4) is 6.07 Å². The number of pyridine rings is 1. The van der Waals surface area contributed by atoms with Crippen LogP contribution < -0.4 is 0 Å². The highest BCUT2D eigenvalue weighted by molar-refractivity contribution is 6.07. The minimum atomic E-state index is -0.521. The molecule has 0 atom stereocenters. The zero-order valence-electron chi connectivity index (χ0n) is 18.6. The molecule has 0 fully saturated rings. The Bertz CT molecular complexity index is 1260. The Kier molecular flexibility index (Phi) is 6.80. The van der Waals surface area contributed by atoms with Crippen LogP contribution in [-0.2, 0) is 16.0 Å². The molecule has 0 saturated carbocycles. The van der Waals surface area contributed by atoms with Crippen LogP contribution in [0, 0.1) is 11.3 Å². The molecule has 0 N–H and O–H groups in total. The first kappa shape index (κ1) is 22.2. The SMILES string of the molecule is CN(CCC#N)C(=O)COC(=O)c1c2c(nc3ccccc13)/C(=C/c1ccccc1)CCC2. The number of amides is 1. The van der Waals surface area contributed by atoms with Gasteiger partial charge in [0.05, 0.1) is 29.3 Å². The van der Waals surface area contributed by atoms with E-state index in [9.17, 15) is 9.59 Å². The van der Waals surface area contributed by atoms with Gasteiger partial charge in [-0.2, -0.15) is 5.26 Å². The molecule has 1 heterocycles. The van der Waals surface area contributed by atoms with Gasteiger partial charge in [0.15, 0.2) is 6.61 Å². The van der Waals surface area contributed by atoms with E-state index in [1.165, 1.54) is 4.90 Å². The molecule has 0 bridgehead atoms. The van der Waals surface area contributed by atoms with Gasteiger partial charge in [0.25, 0.3) is 5.91 Å². The van der Waals surface area contributed by atoms with Crippen molar-refractivity contribution in [1.29, 1.82) is 5.26 Å². The van der Waals surface area contributed by atoms with Crippen LogP contribution in [0.3, 0.4) is 0 Å². The second kappa shape index (κ2) is 10.1. The summed E-state index contributed by atoms with van der Waals surface area (Å²) >= 11 is 0. The van der Waals surface area contributed by atoms with E-state index >= 15 is 0 Å². The van der Waals surface area contributed by atoms with Crippen LogP contribution in [0.1, 0.15) is 46.4 Å². The third-order valence-electron chi connectivity index (χ3n) is 5.83. The quantitative estimate of drug-likeness (QED) is 0.523. The number of aromatic nitrogens is 1. The summed E-state index contributed by atoms with van der Waals surface area (Å²) in [4.78, 5) is 31.9. The van der Waals surface area contributed by atoms with Gasteiger partial charge in [-0.25, -0.2) is 9.78 Å². The van der Waals surface area contributed by atoms with Gasteiger partial charge in [-0.15, -0.1) is 0 Å². The minimum Gasteiger partial charge on any atom is -0.452 e. The first-order valence-corrected chi connectivity index (χ1v) is 11.0. The van der Waals surface area contributed by atoms with Crippen LogP contribution in [0.15, 0.2) is 54.6 Å². The number of nitrogens with zero attached hydrogens (tertiary/aromatic N) is 3. The number of allylic oxidation sites excluding steroid dienone is 1. The second-order valence-corrected chi connectivity index (χ2v) is 8.06. The van der Waals surface area contributed by atoms with Gasteiger partial charge in [-0.05, 0) is 48.1 Å². The van der Waals surface area contributed by atoms with Gasteiger partial charge in [0, 0.05) is 19.0 Å². The standard InChI is InChI=1S/C27H25N3O3/c1-30(16-8-15-28)24(31)18-33-27(32)25-21-12-5-6-14-23(21)29-26-20(11-7-13-22(25)26)17-19-9-3-2-4-10-19/h2-6,9-10,12,14,17H,7-8,11,13,16,18H2,1H3/b20-17+. The van der Waals surface area contributed by atoms with E-state index in [1.54, 1.807) is 7.05 Å². The Balaban J connectivity index is 1.70. The maximum Gasteiger partial charge on any atom is 0.339 e. The van der Waals surface area contributed by atoms with Crippen molar-refractivity contribution in [2.24, 2.45) is 0 Å². The highest BCUT2D eigenvalue weighted by Crippen LogP contribution is 2.36. The molecule has 6 nitrogen and oxygen atoms in total. The number of ether oxygens (including phenoxy) is 1. The number of hydrogen-bond acceptors (Lipinski definition) is 5. The highest BCUT2D eigenvalue weighted by atomic mass is 16.5. The van der Waals surface area contributed by atoms with Crippen LogP contribution in [0.5, 0.6) is 0 Å². The van der Waals surface area contributed by atoms with Crippen molar-refractivity contribution in [1.82, 2.24) is 9.88 Å². The van der Waals surface area contributed by atoms with E-state index in [1.807, 2.05) is 60.7 Å². The Morgan fingerprint density at radius 2 is 1.88 bits per heavy atom. The van der Waals surface area contributed by atoms with E-state index in [2.05, 4.69) is 6.08 Å². The molecule has 4 rings (SSSR count). The van der Waals surface area contributed by atoms with Crippen LogP contribution in [0.4, 0.5) is 0 Å². The van der Waals surface area contributed by atoms with Crippen molar-refractivity contribution >= 4 is 34.4 Å². The van der Waals surface area contributed by atoms with Gasteiger partial charge in [-0.1, -0.05) is 48.5 Å². The summed E-state index contributed by atoms with van der Waals surface area (Å²) in [7, 11) is 1.60. The number of carbonyl (C=O) groups excluding carboxylic acids is 2. The van der Waals surface area contributed by atoms with Gasteiger partial charge >= 0.3 is 5.97 Å². The number of likely N-dealkylation sites (N-methyl/N-ethyl adjacent to an activating group) is 1. The highest BCUT2D eigenvalue weighted by Gasteiger charge is 2.26. The molecule has 0 spiro atoms. The van der Waals surface area contributed by atoms with Crippen LogP contribution in [-0.4, -0.2) is 42.0 Å². The van der Waals surface area contributed by atoms with Gasteiger partial charge in [-0.3, -0.25) is 4.79 Å². The molecule has 0 unspecified atom stereocenters. The van der Waals surface area contributed by atoms with E-state index in [4.69, 9.17) is 15.0 Å². The lowest BCUT2D eigenvalue weighted by Crippen LogP contribution is -2.32. The number of nitriles is 1. The van der Waals surface area contributed by atoms with Crippen molar-refractivity contribution in [2.45, 2.75) is 25.7 Å². The van der Waals surface area contributed by atoms with Crippen molar-refractivity contribution in [3.63, 3.8) is 0 Å². The molecule has 6 heteroatoms. The molecule has 0 aliphatic heterocycles. The Labute approximate surface area is 193 Å². The van der Waals surface area contributed by atoms with Crippen LogP contribution >= 0.6 is 0 Å².